The number of allylic oxidation sites excluding steroid dienone is 1. The molecule has 6 heteroatoms. The van der Waals surface area contributed by atoms with E-state index in [1.807, 2.05) is 33.8 Å². The molecule has 3 saturated heterocycles. The Morgan fingerprint density at radius 3 is 2.25 bits per heavy atom. The molecule has 3 heterocycles. The summed E-state index contributed by atoms with van der Waals surface area (Å²) in [5.74, 6) is -1.42. The van der Waals surface area contributed by atoms with Crippen molar-refractivity contribution in [3.8, 4) is 0 Å². The molecular formula is C30H44O6. The number of fused-ring (bicyclic) bond motifs is 3. The van der Waals surface area contributed by atoms with E-state index in [2.05, 4.69) is 57.7 Å². The molecule has 0 aliphatic carbocycles. The van der Waals surface area contributed by atoms with Crippen LogP contribution >= 0.6 is 0 Å². The summed E-state index contributed by atoms with van der Waals surface area (Å²) < 4.78 is 36.8. The zero-order chi connectivity index (χ0) is 26.1. The van der Waals surface area contributed by atoms with Crippen LogP contribution in [0.2, 0.25) is 0 Å². The molecule has 1 aromatic carbocycles. The number of hydrogen-bond acceptors (Lipinski definition) is 6. The molecule has 1 aromatic rings. The Morgan fingerprint density at radius 2 is 1.56 bits per heavy atom. The minimum atomic E-state index is -0.718. The summed E-state index contributed by atoms with van der Waals surface area (Å²) in [6.07, 6.45) is 1.20. The molecule has 36 heavy (non-hydrogen) atoms. The molecule has 0 radical (unpaired) electrons. The van der Waals surface area contributed by atoms with Crippen molar-refractivity contribution in [1.82, 2.24) is 0 Å². The average molecular weight is 501 g/mol. The van der Waals surface area contributed by atoms with E-state index in [0.29, 0.717) is 13.2 Å². The summed E-state index contributed by atoms with van der Waals surface area (Å²) in [7, 11) is 0. The van der Waals surface area contributed by atoms with Gasteiger partial charge in [-0.3, -0.25) is 0 Å². The van der Waals surface area contributed by atoms with Crippen molar-refractivity contribution in [1.29, 1.82) is 0 Å². The highest BCUT2D eigenvalue weighted by Crippen LogP contribution is 2.44. The lowest BCUT2D eigenvalue weighted by atomic mass is 9.88. The van der Waals surface area contributed by atoms with Gasteiger partial charge in [0.05, 0.1) is 6.61 Å². The van der Waals surface area contributed by atoms with Crippen LogP contribution in [-0.4, -0.2) is 55.5 Å². The lowest BCUT2D eigenvalue weighted by Gasteiger charge is -2.37. The zero-order valence-electron chi connectivity index (χ0n) is 23.3. The average Bonchev–Trinajstić information content (AvgIpc) is 3.25. The van der Waals surface area contributed by atoms with Crippen molar-refractivity contribution in [2.24, 2.45) is 5.41 Å². The van der Waals surface area contributed by atoms with Crippen LogP contribution in [0.25, 0.3) is 5.57 Å². The maximum Gasteiger partial charge on any atom is 0.190 e. The van der Waals surface area contributed by atoms with Crippen LogP contribution in [0.15, 0.2) is 41.6 Å². The number of rotatable bonds is 8. The second-order valence-electron chi connectivity index (χ2n) is 12.4. The molecule has 6 nitrogen and oxygen atoms in total. The van der Waals surface area contributed by atoms with Crippen LogP contribution in [0.1, 0.15) is 80.2 Å². The first kappa shape index (κ1) is 27.5. The number of benzene rings is 1. The van der Waals surface area contributed by atoms with Crippen LogP contribution < -0.4 is 0 Å². The lowest BCUT2D eigenvalue weighted by Crippen LogP contribution is -2.56. The maximum absolute atomic E-state index is 6.25. The minimum Gasteiger partial charge on any atom is -0.379 e. The number of ether oxygens (including phenoxy) is 6. The second kappa shape index (κ2) is 10.7. The lowest BCUT2D eigenvalue weighted by molar-refractivity contribution is -0.243. The third kappa shape index (κ3) is 7.08. The van der Waals surface area contributed by atoms with E-state index in [9.17, 15) is 0 Å². The first-order chi connectivity index (χ1) is 16.8. The summed E-state index contributed by atoms with van der Waals surface area (Å²) in [5.41, 5.74) is 7.65. The first-order valence-electron chi connectivity index (χ1n) is 13.3. The summed E-state index contributed by atoms with van der Waals surface area (Å²) in [6.45, 7) is 17.6. The molecule has 0 N–H and O–H groups in total. The fourth-order valence-electron chi connectivity index (χ4n) is 5.39. The Hall–Kier alpha value is -1.50. The maximum atomic E-state index is 6.25. The van der Waals surface area contributed by atoms with Gasteiger partial charge in [-0.05, 0) is 70.4 Å². The molecule has 0 bridgehead atoms. The van der Waals surface area contributed by atoms with Crippen molar-refractivity contribution < 1.29 is 28.4 Å². The minimum absolute atomic E-state index is 0.239. The van der Waals surface area contributed by atoms with Gasteiger partial charge in [0.25, 0.3) is 0 Å². The highest BCUT2D eigenvalue weighted by Gasteiger charge is 2.60. The Morgan fingerprint density at radius 1 is 0.917 bits per heavy atom. The highest BCUT2D eigenvalue weighted by atomic mass is 16.9. The normalized spacial score (nSPS) is 30.4. The fraction of sp³-hybridized carbons (Fsp3) is 0.700. The topological polar surface area (TPSA) is 55.4 Å². The van der Waals surface area contributed by atoms with Gasteiger partial charge in [0.15, 0.2) is 17.9 Å². The standard InChI is InChI=1S/C30H44O6/c1-20(18-28(2,3)4)17-22(21-13-10-9-11-14-21)15-12-16-31-19-23-24-25(34-29(5,6)33-24)26-27(32-23)36-30(7,8)35-26/h9-11,13-14,23-27H,12,15-16,18-19H2,1-8H3/t17?,23-,24+,25+,26-,27-/m1/s1. The van der Waals surface area contributed by atoms with Crippen LogP contribution in [0, 0.1) is 5.41 Å². The monoisotopic (exact) mass is 500 g/mol. The Bertz CT molecular complexity index is 953. The molecule has 3 fully saturated rings. The van der Waals surface area contributed by atoms with Gasteiger partial charge in [-0.15, -0.1) is 5.73 Å². The molecule has 3 aliphatic heterocycles. The van der Waals surface area contributed by atoms with Crippen molar-refractivity contribution in [2.75, 3.05) is 13.2 Å². The van der Waals surface area contributed by atoms with Gasteiger partial charge in [-0.1, -0.05) is 51.1 Å². The Kier molecular flexibility index (Phi) is 8.19. The van der Waals surface area contributed by atoms with Gasteiger partial charge in [0.2, 0.25) is 0 Å². The van der Waals surface area contributed by atoms with Gasteiger partial charge in [-0.25, -0.2) is 0 Å². The van der Waals surface area contributed by atoms with Crippen molar-refractivity contribution in [3.05, 3.63) is 47.2 Å². The predicted molar refractivity (Wildman–Crippen MR) is 139 cm³/mol. The van der Waals surface area contributed by atoms with Crippen LogP contribution in [-0.2, 0) is 28.4 Å². The highest BCUT2D eigenvalue weighted by molar-refractivity contribution is 5.65. The zero-order valence-corrected chi connectivity index (χ0v) is 23.3. The van der Waals surface area contributed by atoms with Gasteiger partial charge >= 0.3 is 0 Å². The van der Waals surface area contributed by atoms with E-state index in [4.69, 9.17) is 28.4 Å². The summed E-state index contributed by atoms with van der Waals surface area (Å²) in [6, 6.07) is 10.5. The van der Waals surface area contributed by atoms with Gasteiger partial charge in [0, 0.05) is 12.2 Å². The van der Waals surface area contributed by atoms with Gasteiger partial charge in [-0.2, -0.15) is 0 Å². The molecule has 4 rings (SSSR count). The van der Waals surface area contributed by atoms with Crippen LogP contribution in [0.3, 0.4) is 0 Å². The van der Waals surface area contributed by atoms with Gasteiger partial charge < -0.3 is 28.4 Å². The van der Waals surface area contributed by atoms with E-state index in [1.165, 1.54) is 16.7 Å². The molecular weight excluding hydrogens is 456 g/mol. The van der Waals surface area contributed by atoms with Gasteiger partial charge in [0.1, 0.15) is 24.4 Å². The van der Waals surface area contributed by atoms with E-state index in [-0.39, 0.29) is 29.8 Å². The molecule has 200 valence electrons. The second-order valence-corrected chi connectivity index (χ2v) is 12.4. The van der Waals surface area contributed by atoms with Crippen LogP contribution in [0.4, 0.5) is 0 Å². The largest absolute Gasteiger partial charge is 0.379 e. The van der Waals surface area contributed by atoms with E-state index < -0.39 is 17.9 Å². The number of hydrogen-bond donors (Lipinski definition) is 0. The molecule has 0 aromatic heterocycles. The summed E-state index contributed by atoms with van der Waals surface area (Å²) >= 11 is 0. The van der Waals surface area contributed by atoms with Crippen molar-refractivity contribution >= 4 is 5.57 Å². The third-order valence-electron chi connectivity index (χ3n) is 6.53. The smallest absolute Gasteiger partial charge is 0.190 e. The summed E-state index contributed by atoms with van der Waals surface area (Å²) in [5, 5.41) is 0. The molecule has 0 amide bonds. The van der Waals surface area contributed by atoms with E-state index in [0.717, 1.165) is 19.3 Å². The van der Waals surface area contributed by atoms with E-state index >= 15 is 0 Å². The molecule has 3 aliphatic rings. The Labute approximate surface area is 216 Å². The van der Waals surface area contributed by atoms with Crippen molar-refractivity contribution in [3.63, 3.8) is 0 Å². The fourth-order valence-corrected chi connectivity index (χ4v) is 5.39. The summed E-state index contributed by atoms with van der Waals surface area (Å²) in [4.78, 5) is 0. The quantitative estimate of drug-likeness (QED) is 0.311. The molecule has 0 unspecified atom stereocenters. The third-order valence-corrected chi connectivity index (χ3v) is 6.53. The first-order valence-corrected chi connectivity index (χ1v) is 13.3. The SMILES string of the molecule is CC(=C=C(CCCOC[C@H]1O[C@@H]2OC(C)(C)O[C@@H]2[C@H]2OC(C)(C)O[C@H]21)c1ccccc1)CC(C)(C)C. The van der Waals surface area contributed by atoms with Crippen LogP contribution in [0.5, 0.6) is 0 Å². The Balaban J connectivity index is 1.36. The van der Waals surface area contributed by atoms with E-state index in [1.54, 1.807) is 0 Å². The van der Waals surface area contributed by atoms with Crippen molar-refractivity contribution in [2.45, 2.75) is 117 Å². The molecule has 0 saturated carbocycles. The predicted octanol–water partition coefficient (Wildman–Crippen LogP) is 6.24. The molecule has 5 atom stereocenters. The molecule has 0 spiro atoms.